The number of H-pyrrole nitrogens is 1. The van der Waals surface area contributed by atoms with Crippen molar-refractivity contribution >= 4 is 22.7 Å². The summed E-state index contributed by atoms with van der Waals surface area (Å²) in [7, 11) is 0. The zero-order valence-corrected chi connectivity index (χ0v) is 14.1. The van der Waals surface area contributed by atoms with Crippen molar-refractivity contribution in [2.24, 2.45) is 0 Å². The molecule has 0 amide bonds. The Morgan fingerprint density at radius 1 is 1.04 bits per heavy atom. The van der Waals surface area contributed by atoms with Gasteiger partial charge in [-0.1, -0.05) is 24.3 Å². The Labute approximate surface area is 149 Å². The van der Waals surface area contributed by atoms with Gasteiger partial charge < -0.3 is 10.1 Å². The van der Waals surface area contributed by atoms with Crippen LogP contribution in [0.3, 0.4) is 0 Å². The lowest BCUT2D eigenvalue weighted by atomic mass is 10.0. The fraction of sp³-hybridized carbons (Fsp3) is 0.200. The van der Waals surface area contributed by atoms with E-state index < -0.39 is 5.97 Å². The monoisotopic (exact) mass is 350 g/mol. The van der Waals surface area contributed by atoms with Crippen molar-refractivity contribution in [2.45, 2.75) is 25.7 Å². The van der Waals surface area contributed by atoms with Crippen molar-refractivity contribution in [3.63, 3.8) is 0 Å². The topological polar surface area (TPSA) is 100 Å². The molecule has 0 aliphatic carbocycles. The molecular weight excluding hydrogens is 332 g/mol. The molecule has 0 saturated heterocycles. The van der Waals surface area contributed by atoms with Gasteiger partial charge in [-0.05, 0) is 36.2 Å². The minimum Gasteiger partial charge on any atom is -0.478 e. The molecule has 26 heavy (non-hydrogen) atoms. The Morgan fingerprint density at radius 3 is 2.50 bits per heavy atom. The number of rotatable bonds is 7. The molecule has 2 N–H and O–H groups in total. The average Bonchev–Trinajstić information content (AvgIpc) is 2.62. The van der Waals surface area contributed by atoms with Crippen LogP contribution >= 0.6 is 0 Å². The fourth-order valence-electron chi connectivity index (χ4n) is 2.79. The van der Waals surface area contributed by atoms with Crippen molar-refractivity contribution in [3.8, 4) is 0 Å². The molecule has 0 unspecified atom stereocenters. The molecule has 6 nitrogen and oxygen atoms in total. The predicted octanol–water partition coefficient (Wildman–Crippen LogP) is 2.76. The summed E-state index contributed by atoms with van der Waals surface area (Å²) in [5.74, 6) is -0.344. The van der Waals surface area contributed by atoms with Crippen LogP contribution in [0.25, 0.3) is 10.9 Å². The second kappa shape index (κ2) is 7.74. The first-order valence-corrected chi connectivity index (χ1v) is 8.35. The predicted molar refractivity (Wildman–Crippen MR) is 97.4 cm³/mol. The fourth-order valence-corrected chi connectivity index (χ4v) is 2.79. The average molecular weight is 350 g/mol. The normalized spacial score (nSPS) is 10.8. The molecular formula is C20H18N2O4. The summed E-state index contributed by atoms with van der Waals surface area (Å²) in [5.41, 5.74) is 1.47. The summed E-state index contributed by atoms with van der Waals surface area (Å²) < 4.78 is 0. The van der Waals surface area contributed by atoms with Gasteiger partial charge in [-0.25, -0.2) is 9.78 Å². The first-order valence-electron chi connectivity index (χ1n) is 8.35. The quantitative estimate of drug-likeness (QED) is 0.682. The lowest BCUT2D eigenvalue weighted by molar-refractivity contribution is -0.118. The van der Waals surface area contributed by atoms with Gasteiger partial charge in [-0.15, -0.1) is 0 Å². The number of aromatic amines is 1. The van der Waals surface area contributed by atoms with E-state index in [-0.39, 0.29) is 23.3 Å². The van der Waals surface area contributed by atoms with Crippen molar-refractivity contribution in [1.29, 1.82) is 0 Å². The van der Waals surface area contributed by atoms with E-state index in [9.17, 15) is 14.4 Å². The van der Waals surface area contributed by atoms with Gasteiger partial charge in [-0.3, -0.25) is 9.59 Å². The molecule has 1 aromatic heterocycles. The van der Waals surface area contributed by atoms with Gasteiger partial charge in [-0.2, -0.15) is 0 Å². The SMILES string of the molecule is O=C(CCCc1nc2ccccc2c(=O)[nH]1)Cc1ccc(C(=O)O)cc1. The highest BCUT2D eigenvalue weighted by Crippen LogP contribution is 2.10. The number of hydrogen-bond donors (Lipinski definition) is 2. The first-order chi connectivity index (χ1) is 12.5. The van der Waals surface area contributed by atoms with Crippen LogP contribution in [-0.4, -0.2) is 26.8 Å². The number of benzene rings is 2. The van der Waals surface area contributed by atoms with Gasteiger partial charge in [0.1, 0.15) is 11.6 Å². The maximum absolute atomic E-state index is 12.1. The Bertz CT molecular complexity index is 1010. The van der Waals surface area contributed by atoms with Crippen LogP contribution in [0.4, 0.5) is 0 Å². The van der Waals surface area contributed by atoms with Crippen LogP contribution in [0.1, 0.15) is 34.6 Å². The molecule has 132 valence electrons. The highest BCUT2D eigenvalue weighted by Gasteiger charge is 2.08. The summed E-state index contributed by atoms with van der Waals surface area (Å²) in [6, 6.07) is 13.4. The van der Waals surface area contributed by atoms with E-state index in [2.05, 4.69) is 9.97 Å². The number of aromatic nitrogens is 2. The van der Waals surface area contributed by atoms with Gasteiger partial charge in [0.25, 0.3) is 5.56 Å². The Balaban J connectivity index is 1.55. The van der Waals surface area contributed by atoms with Gasteiger partial charge >= 0.3 is 5.97 Å². The summed E-state index contributed by atoms with van der Waals surface area (Å²) in [4.78, 5) is 42.1. The number of ketones is 1. The minimum atomic E-state index is -0.986. The lowest BCUT2D eigenvalue weighted by Gasteiger charge is -2.04. The second-order valence-electron chi connectivity index (χ2n) is 6.10. The Morgan fingerprint density at radius 2 is 1.77 bits per heavy atom. The molecule has 0 atom stereocenters. The number of nitrogens with one attached hydrogen (secondary N) is 1. The second-order valence-corrected chi connectivity index (χ2v) is 6.10. The maximum atomic E-state index is 12.1. The van der Waals surface area contributed by atoms with Crippen LogP contribution in [-0.2, 0) is 17.6 Å². The summed E-state index contributed by atoms with van der Waals surface area (Å²) in [6.07, 6.45) is 1.75. The molecule has 0 saturated carbocycles. The molecule has 0 fully saturated rings. The number of para-hydroxylation sites is 1. The smallest absolute Gasteiger partial charge is 0.335 e. The number of fused-ring (bicyclic) bond motifs is 1. The van der Waals surface area contributed by atoms with Crippen molar-refractivity contribution in [1.82, 2.24) is 9.97 Å². The maximum Gasteiger partial charge on any atom is 0.335 e. The summed E-state index contributed by atoms with van der Waals surface area (Å²) in [6.45, 7) is 0. The van der Waals surface area contributed by atoms with Gasteiger partial charge in [0.2, 0.25) is 0 Å². The third-order valence-electron chi connectivity index (χ3n) is 4.13. The van der Waals surface area contributed by atoms with Gasteiger partial charge in [0, 0.05) is 19.3 Å². The number of carbonyl (C=O) groups excluding carboxylic acids is 1. The molecule has 3 aromatic rings. The minimum absolute atomic E-state index is 0.0659. The molecule has 0 bridgehead atoms. The highest BCUT2D eigenvalue weighted by atomic mass is 16.4. The number of Topliss-reactive ketones (excluding diaryl/α,β-unsaturated/α-hetero) is 1. The van der Waals surface area contributed by atoms with E-state index in [0.29, 0.717) is 36.0 Å². The number of carboxylic acid groups (broad SMARTS) is 1. The molecule has 0 aliphatic heterocycles. The summed E-state index contributed by atoms with van der Waals surface area (Å²) >= 11 is 0. The van der Waals surface area contributed by atoms with Crippen LogP contribution in [0, 0.1) is 0 Å². The number of carbonyl (C=O) groups is 2. The van der Waals surface area contributed by atoms with Crippen LogP contribution < -0.4 is 5.56 Å². The van der Waals surface area contributed by atoms with E-state index in [1.54, 1.807) is 30.3 Å². The Kier molecular flexibility index (Phi) is 5.22. The van der Waals surface area contributed by atoms with Crippen LogP contribution in [0.15, 0.2) is 53.3 Å². The van der Waals surface area contributed by atoms with Crippen LogP contribution in [0.5, 0.6) is 0 Å². The highest BCUT2D eigenvalue weighted by molar-refractivity contribution is 5.88. The number of hydrogen-bond acceptors (Lipinski definition) is 4. The number of carboxylic acids is 1. The van der Waals surface area contributed by atoms with E-state index in [0.717, 1.165) is 5.56 Å². The van der Waals surface area contributed by atoms with E-state index in [1.165, 1.54) is 12.1 Å². The third kappa shape index (κ3) is 4.22. The molecule has 2 aromatic carbocycles. The molecule has 1 heterocycles. The molecule has 3 rings (SSSR count). The third-order valence-corrected chi connectivity index (χ3v) is 4.13. The summed E-state index contributed by atoms with van der Waals surface area (Å²) in [5, 5.41) is 9.42. The number of aromatic carboxylic acids is 1. The molecule has 0 spiro atoms. The first kappa shape index (κ1) is 17.5. The van der Waals surface area contributed by atoms with E-state index in [4.69, 9.17) is 5.11 Å². The van der Waals surface area contributed by atoms with Crippen LogP contribution in [0.2, 0.25) is 0 Å². The van der Waals surface area contributed by atoms with E-state index >= 15 is 0 Å². The zero-order chi connectivity index (χ0) is 18.5. The zero-order valence-electron chi connectivity index (χ0n) is 14.1. The standard InChI is InChI=1S/C20H18N2O4/c23-15(12-13-8-10-14(11-9-13)20(25)26)4-3-7-18-21-17-6-2-1-5-16(17)19(24)22-18/h1-2,5-6,8-11H,3-4,7,12H2,(H,25,26)(H,21,22,24). The van der Waals surface area contributed by atoms with Crippen molar-refractivity contribution in [3.05, 3.63) is 75.8 Å². The van der Waals surface area contributed by atoms with Gasteiger partial charge in [0.05, 0.1) is 16.5 Å². The molecule has 6 heteroatoms. The van der Waals surface area contributed by atoms with E-state index in [1.807, 2.05) is 6.07 Å². The lowest BCUT2D eigenvalue weighted by Crippen LogP contribution is -2.12. The van der Waals surface area contributed by atoms with Gasteiger partial charge in [0.15, 0.2) is 0 Å². The van der Waals surface area contributed by atoms with Crippen molar-refractivity contribution in [2.75, 3.05) is 0 Å². The Hall–Kier alpha value is -3.28. The number of nitrogens with zero attached hydrogens (tertiary/aromatic N) is 1. The molecule has 0 radical (unpaired) electrons. The largest absolute Gasteiger partial charge is 0.478 e. The number of aryl methyl sites for hydroxylation is 1. The van der Waals surface area contributed by atoms with Crippen molar-refractivity contribution < 1.29 is 14.7 Å². The molecule has 0 aliphatic rings.